The molecule has 21 heavy (non-hydrogen) atoms. The molecule has 0 aliphatic carbocycles. The highest BCUT2D eigenvalue weighted by atomic mass is 79.9. The Bertz CT molecular complexity index is 746. The standard InChI is InChI=1S/C12H8BrCl2N3O3/c1-6-16-12(18(20)21)11(13)17(6)5-10(19)8-3-2-7(14)4-9(8)15/h2-4H,5H2,1H3. The van der Waals surface area contributed by atoms with E-state index in [1.807, 2.05) is 0 Å². The molecular formula is C12H8BrCl2N3O3. The molecule has 0 fully saturated rings. The van der Waals surface area contributed by atoms with Crippen LogP contribution in [0.5, 0.6) is 0 Å². The van der Waals surface area contributed by atoms with E-state index >= 15 is 0 Å². The third-order valence-electron chi connectivity index (χ3n) is 2.79. The lowest BCUT2D eigenvalue weighted by molar-refractivity contribution is -0.390. The van der Waals surface area contributed by atoms with Crippen molar-refractivity contribution in [3.8, 4) is 0 Å². The van der Waals surface area contributed by atoms with Crippen molar-refractivity contribution in [1.82, 2.24) is 9.55 Å². The molecule has 1 heterocycles. The number of Topliss-reactive ketones (excluding diaryl/α,β-unsaturated/α-hetero) is 1. The van der Waals surface area contributed by atoms with Crippen molar-refractivity contribution in [1.29, 1.82) is 0 Å². The second-order valence-electron chi connectivity index (χ2n) is 4.16. The summed E-state index contributed by atoms with van der Waals surface area (Å²) >= 11 is 14.8. The zero-order chi connectivity index (χ0) is 15.7. The van der Waals surface area contributed by atoms with Crippen LogP contribution >= 0.6 is 39.1 Å². The molecule has 0 N–H and O–H groups in total. The number of aromatic nitrogens is 2. The highest BCUT2D eigenvalue weighted by molar-refractivity contribution is 9.10. The van der Waals surface area contributed by atoms with Gasteiger partial charge in [0.15, 0.2) is 10.4 Å². The van der Waals surface area contributed by atoms with Crippen molar-refractivity contribution in [3.05, 3.63) is 54.3 Å². The number of nitrogens with zero attached hydrogens (tertiary/aromatic N) is 3. The number of halogens is 3. The molecule has 6 nitrogen and oxygen atoms in total. The predicted molar refractivity (Wildman–Crippen MR) is 82.1 cm³/mol. The van der Waals surface area contributed by atoms with Gasteiger partial charge < -0.3 is 10.1 Å². The molecule has 0 atom stereocenters. The first-order valence-corrected chi connectivity index (χ1v) is 7.21. The lowest BCUT2D eigenvalue weighted by atomic mass is 10.1. The van der Waals surface area contributed by atoms with E-state index in [0.29, 0.717) is 16.4 Å². The molecule has 0 bridgehead atoms. The zero-order valence-corrected chi connectivity index (χ0v) is 13.7. The quantitative estimate of drug-likeness (QED) is 0.446. The fraction of sp³-hybridized carbons (Fsp3) is 0.167. The van der Waals surface area contributed by atoms with Crippen LogP contribution < -0.4 is 0 Å². The van der Waals surface area contributed by atoms with Gasteiger partial charge in [0.2, 0.25) is 5.82 Å². The van der Waals surface area contributed by atoms with Gasteiger partial charge in [-0.2, -0.15) is 0 Å². The highest BCUT2D eigenvalue weighted by Gasteiger charge is 2.25. The second kappa shape index (κ2) is 6.13. The summed E-state index contributed by atoms with van der Waals surface area (Å²) in [5.74, 6) is -0.276. The first-order valence-electron chi connectivity index (χ1n) is 5.66. The van der Waals surface area contributed by atoms with Gasteiger partial charge in [-0.3, -0.25) is 9.36 Å². The van der Waals surface area contributed by atoms with Crippen LogP contribution in [0.4, 0.5) is 5.82 Å². The number of hydrogen-bond acceptors (Lipinski definition) is 4. The highest BCUT2D eigenvalue weighted by Crippen LogP contribution is 2.27. The van der Waals surface area contributed by atoms with Crippen LogP contribution in [-0.2, 0) is 6.54 Å². The fourth-order valence-corrected chi connectivity index (χ4v) is 2.90. The van der Waals surface area contributed by atoms with Crippen LogP contribution in [0.25, 0.3) is 0 Å². The molecule has 0 saturated heterocycles. The number of imidazole rings is 1. The summed E-state index contributed by atoms with van der Waals surface area (Å²) in [6.45, 7) is 1.46. The number of hydrogen-bond donors (Lipinski definition) is 0. The van der Waals surface area contributed by atoms with E-state index in [1.54, 1.807) is 13.0 Å². The normalized spacial score (nSPS) is 10.7. The number of aryl methyl sites for hydroxylation is 1. The number of ketones is 1. The van der Waals surface area contributed by atoms with Gasteiger partial charge in [0, 0.05) is 17.5 Å². The molecule has 0 saturated carbocycles. The lowest BCUT2D eigenvalue weighted by Crippen LogP contribution is -2.12. The van der Waals surface area contributed by atoms with Gasteiger partial charge in [-0.25, -0.2) is 0 Å². The maximum atomic E-state index is 12.3. The summed E-state index contributed by atoms with van der Waals surface area (Å²) < 4.78 is 1.55. The zero-order valence-electron chi connectivity index (χ0n) is 10.6. The van der Waals surface area contributed by atoms with Crippen LogP contribution in [0, 0.1) is 17.0 Å². The van der Waals surface area contributed by atoms with Gasteiger partial charge in [0.25, 0.3) is 0 Å². The number of nitro groups is 1. The SMILES string of the molecule is Cc1nc([N+](=O)[O-])c(Br)n1CC(=O)c1ccc(Cl)cc1Cl. The van der Waals surface area contributed by atoms with Gasteiger partial charge in [-0.15, -0.1) is 0 Å². The largest absolute Gasteiger partial charge is 0.396 e. The summed E-state index contributed by atoms with van der Waals surface area (Å²) in [7, 11) is 0. The smallest absolute Gasteiger partial charge is 0.358 e. The average molecular weight is 393 g/mol. The maximum absolute atomic E-state index is 12.3. The van der Waals surface area contributed by atoms with Crippen molar-refractivity contribution in [2.24, 2.45) is 0 Å². The van der Waals surface area contributed by atoms with E-state index in [-0.39, 0.29) is 27.8 Å². The Balaban J connectivity index is 2.34. The third-order valence-corrected chi connectivity index (χ3v) is 4.12. The summed E-state index contributed by atoms with van der Waals surface area (Å²) in [4.78, 5) is 26.3. The number of rotatable bonds is 4. The fourth-order valence-electron chi connectivity index (χ4n) is 1.77. The topological polar surface area (TPSA) is 78.0 Å². The molecule has 110 valence electrons. The number of benzene rings is 1. The lowest BCUT2D eigenvalue weighted by Gasteiger charge is -2.06. The van der Waals surface area contributed by atoms with E-state index in [2.05, 4.69) is 20.9 Å². The molecule has 0 amide bonds. The van der Waals surface area contributed by atoms with E-state index < -0.39 is 4.92 Å². The molecule has 0 aliphatic heterocycles. The van der Waals surface area contributed by atoms with Gasteiger partial charge in [0.05, 0.1) is 11.6 Å². The first kappa shape index (κ1) is 15.9. The van der Waals surface area contributed by atoms with E-state index in [4.69, 9.17) is 23.2 Å². The number of carbonyl (C=O) groups is 1. The van der Waals surface area contributed by atoms with Crippen molar-refractivity contribution in [2.45, 2.75) is 13.5 Å². The molecular weight excluding hydrogens is 385 g/mol. The van der Waals surface area contributed by atoms with Gasteiger partial charge in [-0.1, -0.05) is 23.2 Å². The molecule has 2 rings (SSSR count). The second-order valence-corrected chi connectivity index (χ2v) is 5.76. The van der Waals surface area contributed by atoms with Crippen LogP contribution in [-0.4, -0.2) is 20.3 Å². The maximum Gasteiger partial charge on any atom is 0.396 e. The Morgan fingerprint density at radius 2 is 2.14 bits per heavy atom. The first-order chi connectivity index (χ1) is 9.81. The number of carbonyl (C=O) groups excluding carboxylic acids is 1. The molecule has 0 aliphatic rings. The van der Waals surface area contributed by atoms with Crippen molar-refractivity contribution in [2.75, 3.05) is 0 Å². The molecule has 1 aromatic heterocycles. The Morgan fingerprint density at radius 1 is 1.48 bits per heavy atom. The Kier molecular flexibility index (Phi) is 4.65. The van der Waals surface area contributed by atoms with Gasteiger partial charge in [0.1, 0.15) is 0 Å². The Hall–Kier alpha value is -1.44. The summed E-state index contributed by atoms with van der Waals surface area (Å²) in [5, 5.41) is 11.5. The molecule has 0 spiro atoms. The van der Waals surface area contributed by atoms with Gasteiger partial charge in [-0.05, 0) is 44.0 Å². The summed E-state index contributed by atoms with van der Waals surface area (Å²) in [5.41, 5.74) is 0.295. The molecule has 9 heteroatoms. The molecule has 0 unspecified atom stereocenters. The van der Waals surface area contributed by atoms with Crippen LogP contribution in [0.1, 0.15) is 16.2 Å². The molecule has 0 radical (unpaired) electrons. The Labute approximate surface area is 138 Å². The average Bonchev–Trinajstić information content (AvgIpc) is 2.66. The van der Waals surface area contributed by atoms with Crippen LogP contribution in [0.3, 0.4) is 0 Å². The minimum absolute atomic E-state index is 0.116. The summed E-state index contributed by atoms with van der Waals surface area (Å²) in [6.07, 6.45) is 0. The minimum Gasteiger partial charge on any atom is -0.358 e. The Morgan fingerprint density at radius 3 is 2.67 bits per heavy atom. The van der Waals surface area contributed by atoms with Gasteiger partial charge >= 0.3 is 5.82 Å². The predicted octanol–water partition coefficient (Wildman–Crippen LogP) is 4.05. The van der Waals surface area contributed by atoms with Crippen LogP contribution in [0.2, 0.25) is 10.0 Å². The van der Waals surface area contributed by atoms with E-state index in [0.717, 1.165) is 0 Å². The van der Waals surface area contributed by atoms with Crippen molar-refractivity contribution in [3.63, 3.8) is 0 Å². The third kappa shape index (κ3) is 3.25. The molecule has 1 aromatic carbocycles. The van der Waals surface area contributed by atoms with E-state index in [1.165, 1.54) is 16.7 Å². The van der Waals surface area contributed by atoms with Crippen molar-refractivity contribution >= 4 is 50.7 Å². The summed E-state index contributed by atoms with van der Waals surface area (Å²) in [6, 6.07) is 4.54. The van der Waals surface area contributed by atoms with Crippen LogP contribution in [0.15, 0.2) is 22.8 Å². The molecule has 2 aromatic rings. The van der Waals surface area contributed by atoms with E-state index in [9.17, 15) is 14.9 Å². The monoisotopic (exact) mass is 391 g/mol. The van der Waals surface area contributed by atoms with Crippen molar-refractivity contribution < 1.29 is 9.72 Å². The minimum atomic E-state index is -0.618.